The first-order valence-electron chi connectivity index (χ1n) is 36.6. The average Bonchev–Trinajstić information content (AvgIpc) is 0.832. The second-order valence-corrected chi connectivity index (χ2v) is 24.1. The second-order valence-electron chi connectivity index (χ2n) is 23.3. The Labute approximate surface area is 732 Å². The summed E-state index contributed by atoms with van der Waals surface area (Å²) in [6.07, 6.45) is 13.1. The predicted molar refractivity (Wildman–Crippen MR) is 458 cm³/mol. The number of methoxy groups -OCH3 is 1. The molecule has 36 nitrogen and oxygen atoms in total. The Morgan fingerprint density at radius 1 is 0.368 bits per heavy atom. The van der Waals surface area contributed by atoms with Gasteiger partial charge in [0.05, 0.1) is 119 Å². The number of benzene rings is 6. The number of esters is 5. The van der Waals surface area contributed by atoms with Gasteiger partial charge in [0.15, 0.2) is 6.61 Å². The Kier molecular flexibility index (Phi) is 75.0. The number of halogens is 2. The number of ketones is 1. The molecule has 6 rings (SSSR count). The van der Waals surface area contributed by atoms with Crippen LogP contribution in [-0.2, 0) is 160 Å². The number of carbonyl (C=O) groups excluding carboxylic acids is 10. The van der Waals surface area contributed by atoms with Crippen LogP contribution in [0, 0.1) is 0 Å². The fourth-order valence-electron chi connectivity index (χ4n) is 8.44. The molecule has 0 bridgehead atoms. The van der Waals surface area contributed by atoms with Crippen molar-refractivity contribution in [2.75, 3.05) is 40.1 Å². The first-order chi connectivity index (χ1) is 59.0. The van der Waals surface area contributed by atoms with Crippen molar-refractivity contribution >= 4 is 138 Å². The summed E-state index contributed by atoms with van der Waals surface area (Å²) in [4.78, 5) is 126. The molecule has 6 aromatic carbocycles. The number of Topliss-reactive ketones (excluding diaryl/α,β-unsaturated/α-hetero) is 1. The van der Waals surface area contributed by atoms with Crippen molar-refractivity contribution in [2.24, 2.45) is 0 Å². The molecule has 0 saturated heterocycles. The van der Waals surface area contributed by atoms with E-state index in [1.54, 1.807) is 143 Å². The van der Waals surface area contributed by atoms with Crippen molar-refractivity contribution in [2.45, 2.75) is 141 Å². The van der Waals surface area contributed by atoms with Gasteiger partial charge in [-0.05, 0) is 208 Å². The van der Waals surface area contributed by atoms with Gasteiger partial charge in [0.25, 0.3) is 0 Å². The van der Waals surface area contributed by atoms with Gasteiger partial charge in [0.2, 0.25) is 5.24 Å². The Morgan fingerprint density at radius 2 is 0.624 bits per heavy atom. The number of aldehydes is 1. The van der Waals surface area contributed by atoms with E-state index in [-0.39, 0.29) is 130 Å². The molecule has 40 heteroatoms. The van der Waals surface area contributed by atoms with Crippen LogP contribution < -0.4 is 0 Å². The number of ether oxygens (including phenoxy) is 7. The minimum Gasteiger partial charge on any atom is -0.478 e. The Balaban J connectivity index is -0.000000439. The van der Waals surface area contributed by atoms with Crippen LogP contribution in [0.25, 0.3) is 30.4 Å². The zero-order valence-electron chi connectivity index (χ0n) is 68.9. The molecule has 0 aliphatic rings. The predicted octanol–water partition coefficient (Wildman–Crippen LogP) is 6.77. The maximum atomic E-state index is 11.4. The van der Waals surface area contributed by atoms with Crippen molar-refractivity contribution in [1.29, 1.82) is 0 Å². The van der Waals surface area contributed by atoms with Gasteiger partial charge in [0.1, 0.15) is 12.1 Å². The van der Waals surface area contributed by atoms with Crippen molar-refractivity contribution in [1.82, 2.24) is 0 Å². The van der Waals surface area contributed by atoms with Crippen LogP contribution >= 0.6 is 23.2 Å². The normalized spacial score (nSPS) is 9.91. The molecule has 16 N–H and O–H groups in total. The molecule has 0 unspecified atom stereocenters. The smallest absolute Gasteiger partial charge is 0.328 e. The molecule has 0 atom stereocenters. The van der Waals surface area contributed by atoms with Crippen LogP contribution in [0.5, 0.6) is 0 Å². The third-order valence-corrected chi connectivity index (χ3v) is 14.4. The Hall–Kier alpha value is -11.8. The number of hydrogen-bond donors (Lipinski definition) is 16. The molecule has 0 fully saturated rings. The van der Waals surface area contributed by atoms with Crippen molar-refractivity contribution in [3.63, 3.8) is 0 Å². The second kappa shape index (κ2) is 77.0. The summed E-state index contributed by atoms with van der Waals surface area (Å²) in [6, 6.07) is 29.9. The summed E-state index contributed by atoms with van der Waals surface area (Å²) in [5.74, 6) is -4.87. The number of rotatable bonds is 33. The summed E-state index contributed by atoms with van der Waals surface area (Å²) < 4.78 is 40.3. The zero-order chi connectivity index (χ0) is 94.9. The SMILES string of the molecule is C.CC(=O)Cl.CCOC(=O)CCC(C)=O.CCOC(=O)COC(=O)/C=C/c1ccc(CO)c(CO)c1.CCOC(=O)Cl.CCOC(=O)OC(=O)/C=C/c1ccc(CO)c(CO)c1.COC(=O)/C=C/c1ccc(CO)c(CO)c1.O=BB(O)O.O=C(O)/C=C/c1ccc(CO)c(CO)c1.O=C(O)/C=C/c1ccc(CO)c(CO)c1.O=Cc1ccc(CO)c(CO)c1. The average molecular weight is 1800 g/mol. The number of aliphatic carboxylic acids is 2. The van der Waals surface area contributed by atoms with E-state index in [1.165, 1.54) is 57.4 Å². The van der Waals surface area contributed by atoms with Gasteiger partial charge in [-0.2, -0.15) is 0 Å². The van der Waals surface area contributed by atoms with E-state index in [0.717, 1.165) is 23.8 Å². The largest absolute Gasteiger partial charge is 0.478 e. The van der Waals surface area contributed by atoms with Gasteiger partial charge < -0.3 is 109 Å². The summed E-state index contributed by atoms with van der Waals surface area (Å²) >= 11 is 9.35. The van der Waals surface area contributed by atoms with Crippen LogP contribution in [0.15, 0.2) is 140 Å². The molecule has 0 aliphatic heterocycles. The van der Waals surface area contributed by atoms with Gasteiger partial charge >= 0.3 is 82.2 Å². The van der Waals surface area contributed by atoms with Gasteiger partial charge in [-0.15, -0.1) is 0 Å². The van der Waals surface area contributed by atoms with Crippen molar-refractivity contribution < 1.29 is 177 Å². The fraction of sp³-hybridized carbons (Fsp3) is 0.318. The number of hydrogen-bond acceptors (Lipinski definition) is 34. The van der Waals surface area contributed by atoms with Gasteiger partial charge in [-0.1, -0.05) is 80.2 Å². The number of aliphatic hydroxyl groups excluding tert-OH is 12. The molecule has 6 aromatic rings. The standard InChI is InChI=1S/C15H18O6.C14H16O6.C12H14O4.2C11H12O4.C9H10O3.C7H12O3.C3H5ClO2.C2H3ClO.CH4.B2H2O3/c1-2-20-15(19)10-21-14(18)6-4-11-3-5-12(8-16)13(7-11)9-17;1-2-19-14(18)20-13(17)6-4-10-3-5-11(8-15)12(7-10)9-16;1-16-12(15)5-3-9-2-4-10(7-13)11(6-9)8-14;2*12-6-9-3-1-8(2-4-11(14)15)5-10(9)7-13;10-4-7-1-2-8(5-11)9(3-7)6-12;1-3-10-7(9)5-4-6(2)8;1-2-6-3(4)5;1-2(3)4;;3-1-2(4)5/h3-7,16-17H,2,8-10H2,1H3;3-7,15-16H,2,8-9H2,1H3;2-6,13-14H,7-8H2,1H3;2*1-5,12-13H,6-7H2,(H,14,15);1-4,11-12H,5-6H2;3-5H2,1-2H3;2H2,1H3;1H3;1H4;4-5H/b2*6-4+;5-3+;2*4-2+;;;;;;. The molecule has 0 saturated carbocycles. The van der Waals surface area contributed by atoms with E-state index in [1.807, 2.05) is 0 Å². The van der Waals surface area contributed by atoms with Crippen LogP contribution in [-0.4, -0.2) is 206 Å². The monoisotopic (exact) mass is 1800 g/mol. The molecular formula is C85H108B2Cl2O36. The fourth-order valence-corrected chi connectivity index (χ4v) is 8.55. The van der Waals surface area contributed by atoms with E-state index in [0.29, 0.717) is 120 Å². The molecule has 0 spiro atoms. The van der Waals surface area contributed by atoms with Crippen LogP contribution in [0.3, 0.4) is 0 Å². The van der Waals surface area contributed by atoms with Crippen LogP contribution in [0.4, 0.5) is 9.59 Å². The maximum absolute atomic E-state index is 11.4. The van der Waals surface area contributed by atoms with Crippen molar-refractivity contribution in [3.8, 4) is 0 Å². The quantitative estimate of drug-likeness (QED) is 0.00384. The van der Waals surface area contributed by atoms with Crippen molar-refractivity contribution in [3.05, 3.63) is 240 Å². The minimum atomic E-state index is -1.80. The number of carbonyl (C=O) groups is 12. The number of aliphatic hydroxyl groups is 12. The van der Waals surface area contributed by atoms with E-state index < -0.39 is 61.0 Å². The zero-order valence-corrected chi connectivity index (χ0v) is 70.4. The van der Waals surface area contributed by atoms with Gasteiger partial charge in [-0.3, -0.25) is 14.4 Å². The molecule has 0 heterocycles. The molecular weight excluding hydrogens is 1690 g/mol. The van der Waals surface area contributed by atoms with E-state index in [4.69, 9.17) is 97.8 Å². The number of carboxylic acids is 2. The maximum Gasteiger partial charge on any atom is 0.328 e. The van der Waals surface area contributed by atoms with E-state index in [2.05, 4.69) is 44.8 Å². The third-order valence-electron chi connectivity index (χ3n) is 14.3. The topological polar surface area (TPSA) is 610 Å². The minimum absolute atomic E-state index is 0. The molecule has 0 aliphatic carbocycles. The van der Waals surface area contributed by atoms with E-state index in [9.17, 15) is 57.5 Å². The summed E-state index contributed by atoms with van der Waals surface area (Å²) in [6.45, 7) is 8.18. The third kappa shape index (κ3) is 62.9. The summed E-state index contributed by atoms with van der Waals surface area (Å²) in [5.41, 5.74) is 10.7. The van der Waals surface area contributed by atoms with E-state index >= 15 is 0 Å². The molecule has 0 radical (unpaired) electrons. The van der Waals surface area contributed by atoms with Gasteiger partial charge in [0, 0.05) is 60.9 Å². The Bertz CT molecular complexity index is 4330. The summed E-state index contributed by atoms with van der Waals surface area (Å²) in [5, 5.41) is 140. The van der Waals surface area contributed by atoms with Gasteiger partial charge in [-0.25, -0.2) is 38.4 Å². The first-order valence-corrected chi connectivity index (χ1v) is 37.3. The molecule has 0 aromatic heterocycles. The Morgan fingerprint density at radius 3 is 0.856 bits per heavy atom. The first kappa shape index (κ1) is 122. The molecule has 0 amide bonds. The van der Waals surface area contributed by atoms with Crippen LogP contribution in [0.1, 0.15) is 167 Å². The molecule has 684 valence electrons. The van der Waals surface area contributed by atoms with Crippen LogP contribution in [0.2, 0.25) is 0 Å². The summed E-state index contributed by atoms with van der Waals surface area (Å²) in [7, 11) is -0.462. The molecule has 125 heavy (non-hydrogen) atoms. The number of carboxylic acid groups (broad SMARTS) is 2.